The molecule has 5 heteroatoms. The molecule has 2 aliphatic carbocycles. The molecule has 66 valence electrons. The number of allylic oxidation sites excluding steroid dienone is 1. The Balaban J connectivity index is 2.36. The maximum atomic E-state index is 11.3. The summed E-state index contributed by atoms with van der Waals surface area (Å²) in [6.45, 7) is 0. The lowest BCUT2D eigenvalue weighted by Gasteiger charge is -2.11. The van der Waals surface area contributed by atoms with Crippen LogP contribution < -0.4 is 0 Å². The van der Waals surface area contributed by atoms with E-state index in [0.717, 1.165) is 0 Å². The summed E-state index contributed by atoms with van der Waals surface area (Å²) in [6, 6.07) is 0. The average molecular weight is 272 g/mol. The Morgan fingerprint density at radius 1 is 1.58 bits per heavy atom. The maximum absolute atomic E-state index is 11.3. The lowest BCUT2D eigenvalue weighted by molar-refractivity contribution is -0.126. The van der Waals surface area contributed by atoms with E-state index < -0.39 is 16.4 Å². The van der Waals surface area contributed by atoms with Crippen LogP contribution in [0.15, 0.2) is 10.6 Å². The predicted octanol–water partition coefficient (Wildman–Crippen LogP) is 1.63. The summed E-state index contributed by atoms with van der Waals surface area (Å²) in [5, 5.41) is 9.29. The Morgan fingerprint density at radius 2 is 2.17 bits per heavy atom. The van der Waals surface area contributed by atoms with Crippen LogP contribution in [0, 0.1) is 11.8 Å². The summed E-state index contributed by atoms with van der Waals surface area (Å²) in [5.41, 5.74) is 0. The molecule has 1 fully saturated rings. The molecular formula is C7H5BrCl2O2. The number of Topliss-reactive ketones (excluding diaryl/α,β-unsaturated/α-hetero) is 1. The molecule has 0 spiro atoms. The normalized spacial score (nSPS) is 43.5. The van der Waals surface area contributed by atoms with E-state index in [1.807, 2.05) is 0 Å². The second-order valence-electron chi connectivity index (χ2n) is 3.03. The van der Waals surface area contributed by atoms with Crippen molar-refractivity contribution >= 4 is 44.9 Å². The van der Waals surface area contributed by atoms with Crippen LogP contribution in [0.1, 0.15) is 0 Å². The van der Waals surface area contributed by atoms with Gasteiger partial charge in [-0.2, -0.15) is 0 Å². The van der Waals surface area contributed by atoms with Crippen LogP contribution in [0.25, 0.3) is 0 Å². The third kappa shape index (κ3) is 1.00. The molecule has 0 radical (unpaired) electrons. The summed E-state index contributed by atoms with van der Waals surface area (Å²) in [4.78, 5) is 11.3. The van der Waals surface area contributed by atoms with E-state index in [1.165, 1.54) is 0 Å². The molecule has 0 bridgehead atoms. The number of carbonyl (C=O) groups excluding carboxylic acids is 1. The van der Waals surface area contributed by atoms with Gasteiger partial charge in [0.2, 0.25) is 0 Å². The molecule has 0 unspecified atom stereocenters. The van der Waals surface area contributed by atoms with Gasteiger partial charge < -0.3 is 5.11 Å². The van der Waals surface area contributed by atoms with Gasteiger partial charge in [0.05, 0.1) is 5.92 Å². The largest absolute Gasteiger partial charge is 0.380 e. The Morgan fingerprint density at radius 3 is 2.75 bits per heavy atom. The van der Waals surface area contributed by atoms with Gasteiger partial charge in [0, 0.05) is 10.4 Å². The molecule has 2 rings (SSSR count). The number of hydrogen-bond donors (Lipinski definition) is 1. The first kappa shape index (κ1) is 9.00. The van der Waals surface area contributed by atoms with Gasteiger partial charge in [0.1, 0.15) is 10.4 Å². The van der Waals surface area contributed by atoms with Crippen molar-refractivity contribution < 1.29 is 9.90 Å². The third-order valence-electron chi connectivity index (χ3n) is 2.29. The summed E-state index contributed by atoms with van der Waals surface area (Å²) < 4.78 is -0.523. The van der Waals surface area contributed by atoms with Gasteiger partial charge in [-0.3, -0.25) is 4.79 Å². The van der Waals surface area contributed by atoms with Gasteiger partial charge in [0.25, 0.3) is 0 Å². The van der Waals surface area contributed by atoms with Crippen LogP contribution in [0.5, 0.6) is 0 Å². The molecule has 1 N–H and O–H groups in total. The quantitative estimate of drug-likeness (QED) is 0.680. The SMILES string of the molecule is O=C1[C@H](O)C(Br)=C[C@@H]2[C@H]1C2(Cl)Cl. The number of hydrogen-bond acceptors (Lipinski definition) is 2. The first-order valence-corrected chi connectivity index (χ1v) is 4.98. The van der Waals surface area contributed by atoms with Crippen molar-refractivity contribution in [3.63, 3.8) is 0 Å². The number of carbonyl (C=O) groups is 1. The van der Waals surface area contributed by atoms with E-state index in [9.17, 15) is 9.90 Å². The zero-order chi connectivity index (χ0) is 9.09. The van der Waals surface area contributed by atoms with Crippen LogP contribution in [-0.2, 0) is 4.79 Å². The molecule has 3 atom stereocenters. The number of ketones is 1. The predicted molar refractivity (Wildman–Crippen MR) is 49.4 cm³/mol. The van der Waals surface area contributed by atoms with Gasteiger partial charge in [-0.15, -0.1) is 23.2 Å². The fourth-order valence-corrected chi connectivity index (χ4v) is 2.74. The fraction of sp³-hybridized carbons (Fsp3) is 0.571. The summed E-state index contributed by atoms with van der Waals surface area (Å²) in [7, 11) is 0. The Kier molecular flexibility index (Phi) is 1.85. The molecule has 0 aromatic heterocycles. The van der Waals surface area contributed by atoms with Crippen LogP contribution in [0.4, 0.5) is 0 Å². The van der Waals surface area contributed by atoms with Crippen LogP contribution in [0.3, 0.4) is 0 Å². The molecule has 0 aromatic carbocycles. The van der Waals surface area contributed by atoms with E-state index in [-0.39, 0.29) is 11.7 Å². The molecule has 0 amide bonds. The van der Waals surface area contributed by atoms with Crippen molar-refractivity contribution in [3.8, 4) is 0 Å². The summed E-state index contributed by atoms with van der Waals surface area (Å²) in [6.07, 6.45) is 0.627. The van der Waals surface area contributed by atoms with Crippen LogP contribution in [0.2, 0.25) is 0 Å². The highest BCUT2D eigenvalue weighted by Crippen LogP contribution is 2.63. The van der Waals surface area contributed by atoms with E-state index in [0.29, 0.717) is 4.48 Å². The van der Waals surface area contributed by atoms with Crippen molar-refractivity contribution in [2.75, 3.05) is 0 Å². The average Bonchev–Trinajstić information content (AvgIpc) is 2.49. The molecule has 12 heavy (non-hydrogen) atoms. The highest BCUT2D eigenvalue weighted by atomic mass is 79.9. The minimum Gasteiger partial charge on any atom is -0.380 e. The van der Waals surface area contributed by atoms with E-state index in [2.05, 4.69) is 15.9 Å². The molecule has 2 aliphatic rings. The Labute approximate surface area is 87.7 Å². The second-order valence-corrected chi connectivity index (χ2v) is 5.39. The van der Waals surface area contributed by atoms with Crippen LogP contribution in [-0.4, -0.2) is 21.3 Å². The summed E-state index contributed by atoms with van der Waals surface area (Å²) in [5.74, 6) is -0.845. The van der Waals surface area contributed by atoms with Crippen molar-refractivity contribution in [2.45, 2.75) is 10.4 Å². The number of rotatable bonds is 0. The molecule has 2 nitrogen and oxygen atoms in total. The van der Waals surface area contributed by atoms with Gasteiger partial charge in [-0.25, -0.2) is 0 Å². The third-order valence-corrected chi connectivity index (χ3v) is 3.96. The van der Waals surface area contributed by atoms with E-state index >= 15 is 0 Å². The van der Waals surface area contributed by atoms with Crippen molar-refractivity contribution in [3.05, 3.63) is 10.6 Å². The van der Waals surface area contributed by atoms with E-state index in [4.69, 9.17) is 23.2 Å². The number of alkyl halides is 2. The first-order chi connectivity index (χ1) is 5.46. The Hall–Kier alpha value is 0.430. The van der Waals surface area contributed by atoms with Gasteiger partial charge >= 0.3 is 0 Å². The maximum Gasteiger partial charge on any atom is 0.173 e. The van der Waals surface area contributed by atoms with Crippen molar-refractivity contribution in [1.82, 2.24) is 0 Å². The second kappa shape index (κ2) is 2.47. The lowest BCUT2D eigenvalue weighted by atomic mass is 10.0. The first-order valence-electron chi connectivity index (χ1n) is 3.43. The van der Waals surface area contributed by atoms with Crippen molar-refractivity contribution in [2.24, 2.45) is 11.8 Å². The molecule has 0 aliphatic heterocycles. The standard InChI is InChI=1S/C7H5BrCl2O2/c8-3-1-2-4(7(2,9)10)6(12)5(3)11/h1-2,4-5,11H/t2-,4-,5-/m1/s1. The molecule has 0 saturated heterocycles. The monoisotopic (exact) mass is 270 g/mol. The highest BCUT2D eigenvalue weighted by Gasteiger charge is 2.68. The van der Waals surface area contributed by atoms with Gasteiger partial charge in [-0.05, 0) is 0 Å². The zero-order valence-corrected chi connectivity index (χ0v) is 8.90. The smallest absolute Gasteiger partial charge is 0.173 e. The van der Waals surface area contributed by atoms with Crippen LogP contribution >= 0.6 is 39.1 Å². The minimum absolute atomic E-state index is 0.133. The number of aliphatic hydroxyl groups is 1. The molecular weight excluding hydrogens is 267 g/mol. The zero-order valence-electron chi connectivity index (χ0n) is 5.80. The molecule has 1 saturated carbocycles. The van der Waals surface area contributed by atoms with Crippen molar-refractivity contribution in [1.29, 1.82) is 0 Å². The molecule has 0 aromatic rings. The summed E-state index contributed by atoms with van der Waals surface area (Å²) >= 11 is 14.7. The topological polar surface area (TPSA) is 37.3 Å². The highest BCUT2D eigenvalue weighted by molar-refractivity contribution is 9.11. The Bertz CT molecular complexity index is 287. The number of fused-ring (bicyclic) bond motifs is 1. The number of halogens is 3. The minimum atomic E-state index is -1.08. The fourth-order valence-electron chi connectivity index (χ4n) is 1.49. The number of aliphatic hydroxyl groups excluding tert-OH is 1. The van der Waals surface area contributed by atoms with Gasteiger partial charge in [0.15, 0.2) is 5.78 Å². The lowest BCUT2D eigenvalue weighted by Crippen LogP contribution is -2.26. The van der Waals surface area contributed by atoms with E-state index in [1.54, 1.807) is 6.08 Å². The van der Waals surface area contributed by atoms with Gasteiger partial charge in [-0.1, -0.05) is 22.0 Å². The molecule has 0 heterocycles.